The van der Waals surface area contributed by atoms with Crippen LogP contribution in [0, 0.1) is 0 Å². The number of Topliss-reactive ketones (excluding diaryl/α,β-unsaturated/α-hetero) is 1. The minimum absolute atomic E-state index is 0.0290. The number of aryl methyl sites for hydroxylation is 1. The van der Waals surface area contributed by atoms with Gasteiger partial charge in [-0.2, -0.15) is 0 Å². The van der Waals surface area contributed by atoms with Crippen LogP contribution in [0.25, 0.3) is 0 Å². The SMILES string of the molecule is CC(Sc1nncn1C)c1cccc(CC(=O)c2ccccn2)c1. The molecule has 1 unspecified atom stereocenters. The molecule has 3 rings (SSSR count). The number of carbonyl (C=O) groups is 1. The van der Waals surface area contributed by atoms with Crippen LogP contribution < -0.4 is 0 Å². The monoisotopic (exact) mass is 338 g/mol. The molecule has 3 aromatic rings. The topological polar surface area (TPSA) is 60.7 Å². The summed E-state index contributed by atoms with van der Waals surface area (Å²) in [5, 5.41) is 9.10. The molecule has 0 spiro atoms. The summed E-state index contributed by atoms with van der Waals surface area (Å²) in [6.07, 6.45) is 3.69. The van der Waals surface area contributed by atoms with E-state index in [2.05, 4.69) is 34.2 Å². The lowest BCUT2D eigenvalue weighted by Gasteiger charge is -2.12. The fourth-order valence-electron chi connectivity index (χ4n) is 2.37. The van der Waals surface area contributed by atoms with E-state index in [1.807, 2.05) is 35.9 Å². The number of rotatable bonds is 6. The first-order chi connectivity index (χ1) is 11.6. The molecule has 122 valence electrons. The van der Waals surface area contributed by atoms with Gasteiger partial charge >= 0.3 is 0 Å². The summed E-state index contributed by atoms with van der Waals surface area (Å²) in [4.78, 5) is 16.4. The highest BCUT2D eigenvalue weighted by Crippen LogP contribution is 2.33. The first kappa shape index (κ1) is 16.4. The van der Waals surface area contributed by atoms with Gasteiger partial charge in [-0.1, -0.05) is 42.1 Å². The van der Waals surface area contributed by atoms with E-state index >= 15 is 0 Å². The predicted molar refractivity (Wildman–Crippen MR) is 94.0 cm³/mol. The minimum atomic E-state index is 0.0290. The summed E-state index contributed by atoms with van der Waals surface area (Å²) in [5.41, 5.74) is 2.66. The third kappa shape index (κ3) is 3.89. The van der Waals surface area contributed by atoms with Crippen molar-refractivity contribution in [3.8, 4) is 0 Å². The van der Waals surface area contributed by atoms with Crippen LogP contribution in [0.4, 0.5) is 0 Å². The Morgan fingerprint density at radius 3 is 2.83 bits per heavy atom. The van der Waals surface area contributed by atoms with Crippen LogP contribution in [0.1, 0.15) is 33.8 Å². The van der Waals surface area contributed by atoms with Crippen molar-refractivity contribution in [2.75, 3.05) is 0 Å². The maximum Gasteiger partial charge on any atom is 0.191 e. The van der Waals surface area contributed by atoms with E-state index < -0.39 is 0 Å². The van der Waals surface area contributed by atoms with Gasteiger partial charge in [0.25, 0.3) is 0 Å². The van der Waals surface area contributed by atoms with Crippen LogP contribution in [0.3, 0.4) is 0 Å². The van der Waals surface area contributed by atoms with E-state index in [9.17, 15) is 4.79 Å². The number of pyridine rings is 1. The van der Waals surface area contributed by atoms with E-state index in [4.69, 9.17) is 0 Å². The first-order valence-corrected chi connectivity index (χ1v) is 8.55. The normalized spacial score (nSPS) is 12.1. The lowest BCUT2D eigenvalue weighted by atomic mass is 10.0. The molecule has 0 N–H and O–H groups in total. The van der Waals surface area contributed by atoms with Crippen molar-refractivity contribution in [3.63, 3.8) is 0 Å². The van der Waals surface area contributed by atoms with Gasteiger partial charge < -0.3 is 4.57 Å². The third-order valence-electron chi connectivity index (χ3n) is 3.69. The smallest absolute Gasteiger partial charge is 0.191 e. The summed E-state index contributed by atoms with van der Waals surface area (Å²) in [7, 11) is 1.93. The fourth-order valence-corrected chi connectivity index (χ4v) is 3.27. The molecule has 1 atom stereocenters. The maximum atomic E-state index is 12.3. The molecular formula is C18H18N4OS. The molecule has 0 bridgehead atoms. The Morgan fingerprint density at radius 2 is 2.12 bits per heavy atom. The quantitative estimate of drug-likeness (QED) is 0.508. The third-order valence-corrected chi connectivity index (χ3v) is 4.89. The van der Waals surface area contributed by atoms with E-state index in [1.165, 1.54) is 0 Å². The highest BCUT2D eigenvalue weighted by Gasteiger charge is 2.13. The molecule has 1 aromatic carbocycles. The molecule has 0 aliphatic carbocycles. The van der Waals surface area contributed by atoms with E-state index in [0.717, 1.165) is 16.3 Å². The number of aromatic nitrogens is 4. The largest absolute Gasteiger partial charge is 0.312 e. The van der Waals surface area contributed by atoms with E-state index in [-0.39, 0.29) is 11.0 Å². The lowest BCUT2D eigenvalue weighted by Crippen LogP contribution is -2.06. The summed E-state index contributed by atoms with van der Waals surface area (Å²) in [6, 6.07) is 13.5. The zero-order valence-electron chi connectivity index (χ0n) is 13.6. The minimum Gasteiger partial charge on any atom is -0.312 e. The van der Waals surface area contributed by atoms with Crippen LogP contribution in [0.15, 0.2) is 60.1 Å². The fraction of sp³-hybridized carbons (Fsp3) is 0.222. The molecule has 24 heavy (non-hydrogen) atoms. The van der Waals surface area contributed by atoms with Gasteiger partial charge in [0.2, 0.25) is 0 Å². The second-order valence-electron chi connectivity index (χ2n) is 5.54. The zero-order valence-corrected chi connectivity index (χ0v) is 14.4. The number of benzene rings is 1. The highest BCUT2D eigenvalue weighted by atomic mass is 32.2. The summed E-state index contributed by atoms with van der Waals surface area (Å²) in [6.45, 7) is 2.12. The number of nitrogens with zero attached hydrogens (tertiary/aromatic N) is 4. The molecule has 0 radical (unpaired) electrons. The maximum absolute atomic E-state index is 12.3. The van der Waals surface area contributed by atoms with Gasteiger partial charge in [-0.15, -0.1) is 10.2 Å². The zero-order chi connectivity index (χ0) is 16.9. The van der Waals surface area contributed by atoms with Crippen molar-refractivity contribution < 1.29 is 4.79 Å². The first-order valence-electron chi connectivity index (χ1n) is 7.67. The highest BCUT2D eigenvalue weighted by molar-refractivity contribution is 7.99. The van der Waals surface area contributed by atoms with Gasteiger partial charge in [0.05, 0.1) is 0 Å². The van der Waals surface area contributed by atoms with Crippen LogP contribution in [-0.2, 0) is 13.5 Å². The Kier molecular flexibility index (Phi) is 5.05. The van der Waals surface area contributed by atoms with Crippen molar-refractivity contribution in [2.24, 2.45) is 7.05 Å². The second-order valence-corrected chi connectivity index (χ2v) is 6.85. The number of thioether (sulfide) groups is 1. The van der Waals surface area contributed by atoms with Gasteiger partial charge in [0.15, 0.2) is 10.9 Å². The van der Waals surface area contributed by atoms with Crippen molar-refractivity contribution in [3.05, 3.63) is 71.8 Å². The molecule has 6 heteroatoms. The molecule has 0 amide bonds. The second kappa shape index (κ2) is 7.40. The Balaban J connectivity index is 1.72. The van der Waals surface area contributed by atoms with E-state index in [0.29, 0.717) is 12.1 Å². The van der Waals surface area contributed by atoms with Gasteiger partial charge in [-0.25, -0.2) is 0 Å². The molecule has 2 heterocycles. The average Bonchev–Trinajstić information content (AvgIpc) is 3.00. The molecule has 0 saturated heterocycles. The summed E-state index contributed by atoms with van der Waals surface area (Å²) < 4.78 is 1.90. The van der Waals surface area contributed by atoms with Crippen LogP contribution >= 0.6 is 11.8 Å². The van der Waals surface area contributed by atoms with Gasteiger partial charge in [-0.3, -0.25) is 9.78 Å². The Labute approximate surface area is 145 Å². The van der Waals surface area contributed by atoms with Crippen LogP contribution in [0.2, 0.25) is 0 Å². The van der Waals surface area contributed by atoms with E-state index in [1.54, 1.807) is 30.4 Å². The predicted octanol–water partition coefficient (Wildman–Crippen LogP) is 3.49. The Bertz CT molecular complexity index is 832. The van der Waals surface area contributed by atoms with Crippen LogP contribution in [-0.4, -0.2) is 25.5 Å². The Morgan fingerprint density at radius 1 is 1.25 bits per heavy atom. The summed E-state index contributed by atoms with van der Waals surface area (Å²) >= 11 is 1.65. The molecule has 2 aromatic heterocycles. The number of hydrogen-bond acceptors (Lipinski definition) is 5. The molecule has 5 nitrogen and oxygen atoms in total. The Hall–Kier alpha value is -2.47. The van der Waals surface area contributed by atoms with Crippen LogP contribution in [0.5, 0.6) is 0 Å². The van der Waals surface area contributed by atoms with Crippen molar-refractivity contribution in [1.29, 1.82) is 0 Å². The average molecular weight is 338 g/mol. The van der Waals surface area contributed by atoms with Crippen molar-refractivity contribution in [1.82, 2.24) is 19.7 Å². The summed E-state index contributed by atoms with van der Waals surface area (Å²) in [5.74, 6) is 0.0290. The molecular weight excluding hydrogens is 320 g/mol. The lowest BCUT2D eigenvalue weighted by molar-refractivity contribution is 0.0988. The molecule has 0 fully saturated rings. The van der Waals surface area contributed by atoms with Gasteiger partial charge in [0, 0.05) is 24.9 Å². The van der Waals surface area contributed by atoms with Gasteiger partial charge in [-0.05, 0) is 30.2 Å². The molecule has 0 aliphatic heterocycles. The number of ketones is 1. The number of carbonyl (C=O) groups excluding carboxylic acids is 1. The van der Waals surface area contributed by atoms with Gasteiger partial charge in [0.1, 0.15) is 12.0 Å². The van der Waals surface area contributed by atoms with Crippen molar-refractivity contribution >= 4 is 17.5 Å². The number of hydrogen-bond donors (Lipinski definition) is 0. The van der Waals surface area contributed by atoms with Crippen molar-refractivity contribution in [2.45, 2.75) is 23.8 Å². The molecule has 0 aliphatic rings. The molecule has 0 saturated carbocycles. The standard InChI is InChI=1S/C18H18N4OS/c1-13(24-18-21-20-12-22(18)2)15-7-5-6-14(10-15)11-17(23)16-8-3-4-9-19-16/h3-10,12-13H,11H2,1-2H3.